The fourth-order valence-corrected chi connectivity index (χ4v) is 0.884. The molecule has 1 atom stereocenters. The van der Waals surface area contributed by atoms with E-state index in [1.54, 1.807) is 0 Å². The molecule has 5 N–H and O–H groups in total. The maximum atomic E-state index is 9.23. The fourth-order valence-electron chi connectivity index (χ4n) is 0.884. The van der Waals surface area contributed by atoms with Gasteiger partial charge in [0.05, 0.1) is 6.10 Å². The molecule has 0 fully saturated rings. The number of aliphatic hydroxyl groups is 1. The zero-order valence-electron chi connectivity index (χ0n) is 6.94. The number of hydrogen-bond donors (Lipinski definition) is 4. The van der Waals surface area contributed by atoms with Crippen LogP contribution in [-0.4, -0.2) is 49.2 Å². The van der Waals surface area contributed by atoms with Crippen molar-refractivity contribution in [1.82, 2.24) is 0 Å². The molecule has 5 heteroatoms. The summed E-state index contributed by atoms with van der Waals surface area (Å²) in [6.45, 7) is 0.0875. The van der Waals surface area contributed by atoms with E-state index in [-0.39, 0.29) is 45.3 Å². The van der Waals surface area contributed by atoms with Gasteiger partial charge < -0.3 is 21.1 Å². The molecule has 70 valence electrons. The molecule has 0 spiro atoms. The topological polar surface area (TPSA) is 86.7 Å². The smallest absolute Gasteiger partial charge is 0.157 e. The van der Waals surface area contributed by atoms with Crippen LogP contribution in [0.15, 0.2) is 18.2 Å². The first-order valence-corrected chi connectivity index (χ1v) is 3.55. The van der Waals surface area contributed by atoms with E-state index in [1.165, 1.54) is 18.2 Å². The van der Waals surface area contributed by atoms with Gasteiger partial charge >= 0.3 is 0 Å². The van der Waals surface area contributed by atoms with Crippen LogP contribution >= 0.6 is 0 Å². The van der Waals surface area contributed by atoms with Gasteiger partial charge in [0.25, 0.3) is 0 Å². The van der Waals surface area contributed by atoms with Gasteiger partial charge in [0.15, 0.2) is 11.5 Å². The van der Waals surface area contributed by atoms with Crippen LogP contribution in [0.3, 0.4) is 0 Å². The summed E-state index contributed by atoms with van der Waals surface area (Å²) in [5, 5.41) is 27.2. The largest absolute Gasteiger partial charge is 0.504 e. The third-order valence-electron chi connectivity index (χ3n) is 1.61. The summed E-state index contributed by atoms with van der Waals surface area (Å²) in [5.41, 5.74) is 5.69. The second-order valence-electron chi connectivity index (χ2n) is 2.50. The van der Waals surface area contributed by atoms with Gasteiger partial charge in [0.2, 0.25) is 0 Å². The van der Waals surface area contributed by atoms with Crippen molar-refractivity contribution < 1.29 is 15.3 Å². The number of aromatic hydroxyl groups is 2. The molecule has 1 aromatic carbocycles. The van der Waals surface area contributed by atoms with Crippen LogP contribution in [0.4, 0.5) is 0 Å². The Morgan fingerprint density at radius 1 is 1.23 bits per heavy atom. The molecule has 4 nitrogen and oxygen atoms in total. The van der Waals surface area contributed by atoms with Crippen LogP contribution in [0.5, 0.6) is 11.5 Å². The van der Waals surface area contributed by atoms with Crippen LogP contribution in [0, 0.1) is 0 Å². The van der Waals surface area contributed by atoms with Crippen molar-refractivity contribution in [2.75, 3.05) is 6.54 Å². The molecular formula is C8H11NO3Pb. The first kappa shape index (κ1) is 12.7. The average molecular weight is 376 g/mol. The van der Waals surface area contributed by atoms with Gasteiger partial charge in [-0.3, -0.25) is 0 Å². The van der Waals surface area contributed by atoms with E-state index in [1.807, 2.05) is 0 Å². The van der Waals surface area contributed by atoms with Crippen molar-refractivity contribution in [3.05, 3.63) is 23.8 Å². The predicted octanol–water partition coefficient (Wildman–Crippen LogP) is -0.291. The van der Waals surface area contributed by atoms with Crippen molar-refractivity contribution in [3.8, 4) is 11.5 Å². The molecule has 0 heterocycles. The van der Waals surface area contributed by atoms with Gasteiger partial charge in [-0.2, -0.15) is 0 Å². The SMILES string of the molecule is NCC(O)c1ccc(O)c(O)c1.[Pb]. The molecule has 0 aliphatic carbocycles. The third kappa shape index (κ3) is 3.13. The number of aliphatic hydroxyl groups excluding tert-OH is 1. The molecule has 1 aromatic rings. The maximum Gasteiger partial charge on any atom is 0.157 e. The van der Waals surface area contributed by atoms with Gasteiger partial charge in [-0.1, -0.05) is 6.07 Å². The van der Waals surface area contributed by atoms with Crippen molar-refractivity contribution in [2.24, 2.45) is 5.73 Å². The Balaban J connectivity index is 0.00000144. The van der Waals surface area contributed by atoms with Gasteiger partial charge in [-0.25, -0.2) is 0 Å². The monoisotopic (exact) mass is 377 g/mol. The van der Waals surface area contributed by atoms with Crippen LogP contribution in [0.25, 0.3) is 0 Å². The Labute approximate surface area is 96.2 Å². The Kier molecular flexibility index (Phi) is 5.26. The van der Waals surface area contributed by atoms with Gasteiger partial charge in [0.1, 0.15) is 0 Å². The molecule has 0 bridgehead atoms. The molecule has 4 radical (unpaired) electrons. The van der Waals surface area contributed by atoms with Gasteiger partial charge in [-0.15, -0.1) is 0 Å². The Bertz CT molecular complexity index is 280. The molecule has 1 unspecified atom stereocenters. The minimum absolute atomic E-state index is 0. The van der Waals surface area contributed by atoms with Crippen LogP contribution in [0.1, 0.15) is 11.7 Å². The fraction of sp³-hybridized carbons (Fsp3) is 0.250. The van der Waals surface area contributed by atoms with Crippen molar-refractivity contribution in [1.29, 1.82) is 0 Å². The number of nitrogens with two attached hydrogens (primary N) is 1. The van der Waals surface area contributed by atoms with E-state index >= 15 is 0 Å². The molecule has 0 saturated heterocycles. The molecule has 0 aromatic heterocycles. The van der Waals surface area contributed by atoms with Crippen molar-refractivity contribution >= 4 is 27.3 Å². The summed E-state index contributed by atoms with van der Waals surface area (Å²) in [6, 6.07) is 4.10. The van der Waals surface area contributed by atoms with Gasteiger partial charge in [-0.05, 0) is 17.7 Å². The second kappa shape index (κ2) is 5.40. The molecule has 0 aliphatic heterocycles. The van der Waals surface area contributed by atoms with E-state index in [9.17, 15) is 5.11 Å². The molecule has 0 aliphatic rings. The van der Waals surface area contributed by atoms with Crippen LogP contribution < -0.4 is 5.73 Å². The minimum atomic E-state index is -0.795. The molecule has 1 rings (SSSR count). The van der Waals surface area contributed by atoms with E-state index in [0.29, 0.717) is 5.56 Å². The predicted molar refractivity (Wildman–Crippen MR) is 49.5 cm³/mol. The quantitative estimate of drug-likeness (QED) is 0.422. The molecule has 0 amide bonds. The van der Waals surface area contributed by atoms with E-state index in [4.69, 9.17) is 15.9 Å². The average Bonchev–Trinajstić information content (AvgIpc) is 2.08. The number of phenols is 2. The standard InChI is InChI=1S/C8H11NO3.Pb/c9-4-8(12)5-1-2-6(10)7(11)3-5;/h1-3,8,10-12H,4,9H2;. The Morgan fingerprint density at radius 2 is 1.85 bits per heavy atom. The Hall–Kier alpha value is -0.338. The number of rotatable bonds is 2. The van der Waals surface area contributed by atoms with E-state index in [0.717, 1.165) is 0 Å². The summed E-state index contributed by atoms with van der Waals surface area (Å²) in [5.74, 6) is -0.456. The van der Waals surface area contributed by atoms with E-state index in [2.05, 4.69) is 0 Å². The number of hydrogen-bond acceptors (Lipinski definition) is 4. The zero-order chi connectivity index (χ0) is 9.14. The summed E-state index contributed by atoms with van der Waals surface area (Å²) < 4.78 is 0. The Morgan fingerprint density at radius 3 is 2.31 bits per heavy atom. The molecule has 13 heavy (non-hydrogen) atoms. The first-order valence-electron chi connectivity index (χ1n) is 3.55. The summed E-state index contributed by atoms with van der Waals surface area (Å²) >= 11 is 0. The molecular weight excluding hydrogens is 365 g/mol. The van der Waals surface area contributed by atoms with Crippen LogP contribution in [-0.2, 0) is 0 Å². The van der Waals surface area contributed by atoms with Crippen LogP contribution in [0.2, 0.25) is 0 Å². The van der Waals surface area contributed by atoms with Gasteiger partial charge in [0, 0.05) is 33.8 Å². The normalized spacial score (nSPS) is 11.8. The number of phenolic OH excluding ortho intramolecular Hbond substituents is 2. The van der Waals surface area contributed by atoms with E-state index < -0.39 is 6.10 Å². The maximum absolute atomic E-state index is 9.23. The first-order chi connectivity index (χ1) is 5.65. The van der Waals surface area contributed by atoms with Crippen molar-refractivity contribution in [2.45, 2.75) is 6.10 Å². The summed E-state index contributed by atoms with van der Waals surface area (Å²) in [7, 11) is 0. The summed E-state index contributed by atoms with van der Waals surface area (Å²) in [6.07, 6.45) is -0.795. The number of benzene rings is 1. The summed E-state index contributed by atoms with van der Waals surface area (Å²) in [4.78, 5) is 0. The molecule has 0 saturated carbocycles. The van der Waals surface area contributed by atoms with Crippen molar-refractivity contribution in [3.63, 3.8) is 0 Å². The second-order valence-corrected chi connectivity index (χ2v) is 2.50. The minimum Gasteiger partial charge on any atom is -0.504 e. The zero-order valence-corrected chi connectivity index (χ0v) is 10.8. The third-order valence-corrected chi connectivity index (χ3v) is 1.61.